The minimum absolute atomic E-state index is 0.805. The first kappa shape index (κ1) is 14.3. The van der Waals surface area contributed by atoms with E-state index in [1.807, 2.05) is 36.4 Å². The van der Waals surface area contributed by atoms with Crippen molar-refractivity contribution in [3.05, 3.63) is 57.8 Å². The number of pyridine rings is 1. The van der Waals surface area contributed by atoms with Crippen molar-refractivity contribution < 1.29 is 4.52 Å². The van der Waals surface area contributed by atoms with Crippen molar-refractivity contribution in [3.63, 3.8) is 0 Å². The van der Waals surface area contributed by atoms with Gasteiger partial charge in [-0.3, -0.25) is 4.98 Å². The molecule has 0 fully saturated rings. The highest BCUT2D eigenvalue weighted by Gasteiger charge is 2.19. The van der Waals surface area contributed by atoms with Gasteiger partial charge in [-0.1, -0.05) is 54.9 Å². The van der Waals surface area contributed by atoms with Gasteiger partial charge in [-0.2, -0.15) is 0 Å². The number of aromatic nitrogens is 2. The molecule has 0 N–H and O–H groups in total. The van der Waals surface area contributed by atoms with Gasteiger partial charge in [0.05, 0.1) is 9.26 Å². The molecule has 0 aliphatic carbocycles. The topological polar surface area (TPSA) is 38.9 Å². The van der Waals surface area contributed by atoms with Crippen LogP contribution in [-0.4, -0.2) is 10.1 Å². The van der Waals surface area contributed by atoms with E-state index < -0.39 is 0 Å². The molecule has 0 unspecified atom stereocenters. The maximum atomic E-state index is 5.57. The zero-order valence-corrected chi connectivity index (χ0v) is 13.9. The Kier molecular flexibility index (Phi) is 4.34. The number of nitrogens with zero attached hydrogens (tertiary/aromatic N) is 2. The van der Waals surface area contributed by atoms with Crippen LogP contribution in [0.5, 0.6) is 0 Å². The lowest BCUT2D eigenvalue weighted by Crippen LogP contribution is -1.94. The van der Waals surface area contributed by atoms with Gasteiger partial charge in [-0.15, -0.1) is 0 Å². The first-order valence-electron chi connectivity index (χ1n) is 6.96. The van der Waals surface area contributed by atoms with Crippen LogP contribution >= 0.6 is 22.6 Å². The molecule has 3 nitrogen and oxygen atoms in total. The van der Waals surface area contributed by atoms with Crippen molar-refractivity contribution in [2.24, 2.45) is 0 Å². The van der Waals surface area contributed by atoms with Crippen molar-refractivity contribution >= 4 is 22.6 Å². The van der Waals surface area contributed by atoms with Crippen molar-refractivity contribution in [1.82, 2.24) is 10.1 Å². The van der Waals surface area contributed by atoms with Gasteiger partial charge in [0.2, 0.25) is 0 Å². The molecule has 0 aliphatic heterocycles. The summed E-state index contributed by atoms with van der Waals surface area (Å²) in [5.41, 5.74) is 4.01. The lowest BCUT2D eigenvalue weighted by molar-refractivity contribution is 0.434. The molecule has 0 spiro atoms. The Morgan fingerprint density at radius 2 is 1.86 bits per heavy atom. The maximum Gasteiger partial charge on any atom is 0.180 e. The Bertz CT molecular complexity index is 738. The molecule has 0 amide bonds. The van der Waals surface area contributed by atoms with Gasteiger partial charge in [0.15, 0.2) is 5.76 Å². The average Bonchev–Trinajstić information content (AvgIpc) is 2.91. The van der Waals surface area contributed by atoms with E-state index in [0.29, 0.717) is 0 Å². The molecule has 3 aromatic rings. The molecular weight excluding hydrogens is 375 g/mol. The summed E-state index contributed by atoms with van der Waals surface area (Å²) in [6.07, 6.45) is 3.88. The number of halogens is 1. The molecule has 0 saturated carbocycles. The molecule has 4 heteroatoms. The van der Waals surface area contributed by atoms with Crippen molar-refractivity contribution in [2.45, 2.75) is 19.8 Å². The predicted molar refractivity (Wildman–Crippen MR) is 91.9 cm³/mol. The zero-order valence-electron chi connectivity index (χ0n) is 11.7. The number of benzene rings is 1. The Morgan fingerprint density at radius 3 is 2.62 bits per heavy atom. The lowest BCUT2D eigenvalue weighted by atomic mass is 10.1. The fourth-order valence-electron chi connectivity index (χ4n) is 2.32. The molecule has 1 aromatic carbocycles. The second-order valence-corrected chi connectivity index (χ2v) is 5.88. The van der Waals surface area contributed by atoms with Crippen LogP contribution in [-0.2, 0) is 6.42 Å². The number of aryl methyl sites for hydroxylation is 1. The van der Waals surface area contributed by atoms with Gasteiger partial charge in [0, 0.05) is 11.8 Å². The number of hydrogen-bond donors (Lipinski definition) is 0. The predicted octanol–water partition coefficient (Wildman–Crippen LogP) is 4.96. The lowest BCUT2D eigenvalue weighted by Gasteiger charge is -2.04. The first-order valence-corrected chi connectivity index (χ1v) is 8.04. The summed E-state index contributed by atoms with van der Waals surface area (Å²) in [7, 11) is 0. The third kappa shape index (κ3) is 2.85. The maximum absolute atomic E-state index is 5.57. The third-order valence-corrected chi connectivity index (χ3v) is 4.31. The van der Waals surface area contributed by atoms with Crippen molar-refractivity contribution in [3.8, 4) is 22.7 Å². The Labute approximate surface area is 137 Å². The van der Waals surface area contributed by atoms with Crippen molar-refractivity contribution in [2.75, 3.05) is 0 Å². The van der Waals surface area contributed by atoms with Crippen molar-refractivity contribution in [1.29, 1.82) is 0 Å². The van der Waals surface area contributed by atoms with Gasteiger partial charge in [0.1, 0.15) is 5.69 Å². The highest BCUT2D eigenvalue weighted by molar-refractivity contribution is 14.1. The fraction of sp³-hybridized carbons (Fsp3) is 0.176. The third-order valence-electron chi connectivity index (χ3n) is 3.31. The van der Waals surface area contributed by atoms with Crippen LogP contribution in [0.2, 0.25) is 0 Å². The highest BCUT2D eigenvalue weighted by atomic mass is 127. The quantitative estimate of drug-likeness (QED) is 0.591. The summed E-state index contributed by atoms with van der Waals surface area (Å²) in [6, 6.07) is 14.1. The average molecular weight is 390 g/mol. The van der Waals surface area contributed by atoms with E-state index in [2.05, 4.69) is 45.7 Å². The molecule has 0 aliphatic rings. The number of hydrogen-bond acceptors (Lipinski definition) is 3. The van der Waals surface area contributed by atoms with Crippen LogP contribution < -0.4 is 0 Å². The fourth-order valence-corrected chi connectivity index (χ4v) is 3.08. The van der Waals surface area contributed by atoms with E-state index >= 15 is 0 Å². The molecule has 0 atom stereocenters. The van der Waals surface area contributed by atoms with Crippen LogP contribution in [0, 0.1) is 3.57 Å². The minimum Gasteiger partial charge on any atom is -0.354 e. The zero-order chi connectivity index (χ0) is 14.7. The van der Waals surface area contributed by atoms with E-state index in [9.17, 15) is 0 Å². The molecule has 106 valence electrons. The van der Waals surface area contributed by atoms with Crippen LogP contribution in [0.4, 0.5) is 0 Å². The minimum atomic E-state index is 0.805. The summed E-state index contributed by atoms with van der Waals surface area (Å²) in [6.45, 7) is 2.17. The van der Waals surface area contributed by atoms with E-state index in [0.717, 1.165) is 39.1 Å². The smallest absolute Gasteiger partial charge is 0.180 e. The summed E-state index contributed by atoms with van der Waals surface area (Å²) >= 11 is 2.29. The van der Waals surface area contributed by atoms with E-state index in [1.165, 1.54) is 5.56 Å². The Morgan fingerprint density at radius 1 is 1.05 bits per heavy atom. The summed E-state index contributed by atoms with van der Waals surface area (Å²) in [4.78, 5) is 4.51. The van der Waals surface area contributed by atoms with Gasteiger partial charge in [0.25, 0.3) is 0 Å². The normalized spacial score (nSPS) is 10.8. The Hall–Kier alpha value is -1.69. The van der Waals surface area contributed by atoms with Crippen LogP contribution in [0.1, 0.15) is 18.9 Å². The first-order chi connectivity index (χ1) is 10.3. The molecule has 0 saturated heterocycles. The number of rotatable bonds is 4. The SMILES string of the molecule is CCCc1cccnc1-c1noc(-c2ccccc2)c1I. The summed E-state index contributed by atoms with van der Waals surface area (Å²) in [5.74, 6) is 0.805. The largest absolute Gasteiger partial charge is 0.354 e. The summed E-state index contributed by atoms with van der Waals surface area (Å²) < 4.78 is 6.58. The molecular formula is C17H15IN2O. The van der Waals surface area contributed by atoms with Gasteiger partial charge < -0.3 is 4.52 Å². The standard InChI is InChI=1S/C17H15IN2O/c1-2-7-12-10-6-11-19-15(12)16-14(18)17(21-20-16)13-8-4-3-5-9-13/h3-6,8-11H,2,7H2,1H3. The molecule has 21 heavy (non-hydrogen) atoms. The van der Waals surface area contributed by atoms with E-state index in [4.69, 9.17) is 4.52 Å². The summed E-state index contributed by atoms with van der Waals surface area (Å²) in [5, 5.41) is 4.26. The molecule has 2 aromatic heterocycles. The van der Waals surface area contributed by atoms with Gasteiger partial charge in [-0.05, 0) is 40.6 Å². The van der Waals surface area contributed by atoms with Gasteiger partial charge >= 0.3 is 0 Å². The second-order valence-electron chi connectivity index (χ2n) is 4.80. The van der Waals surface area contributed by atoms with Gasteiger partial charge in [-0.25, -0.2) is 0 Å². The van der Waals surface area contributed by atoms with Crippen LogP contribution in [0.15, 0.2) is 53.2 Å². The van der Waals surface area contributed by atoms with E-state index in [1.54, 1.807) is 6.20 Å². The molecule has 0 bridgehead atoms. The second kappa shape index (κ2) is 6.39. The molecule has 0 radical (unpaired) electrons. The van der Waals surface area contributed by atoms with Crippen LogP contribution in [0.3, 0.4) is 0 Å². The van der Waals surface area contributed by atoms with Crippen LogP contribution in [0.25, 0.3) is 22.7 Å². The highest BCUT2D eigenvalue weighted by Crippen LogP contribution is 2.33. The monoisotopic (exact) mass is 390 g/mol. The molecule has 3 rings (SSSR count). The van der Waals surface area contributed by atoms with E-state index in [-0.39, 0.29) is 0 Å². The Balaban J connectivity index is 2.08. The molecule has 2 heterocycles.